The standard InChI is InChI=1S/C14H14F3NO3/c1-7-10(14(15,16)17)3-2-4-11(7)18-12(19)8-5-6-9(8)13(20)21/h2-4,8-9H,5-6H2,1H3,(H,18,19)(H,20,21). The molecule has 0 aliphatic heterocycles. The van der Waals surface area contributed by atoms with Crippen molar-refractivity contribution in [1.82, 2.24) is 0 Å². The molecule has 0 radical (unpaired) electrons. The second kappa shape index (κ2) is 5.38. The van der Waals surface area contributed by atoms with Crippen molar-refractivity contribution < 1.29 is 27.9 Å². The van der Waals surface area contributed by atoms with Crippen LogP contribution < -0.4 is 5.32 Å². The Morgan fingerprint density at radius 3 is 2.33 bits per heavy atom. The van der Waals surface area contributed by atoms with Crippen LogP contribution in [0.2, 0.25) is 0 Å². The molecule has 1 aromatic rings. The van der Waals surface area contributed by atoms with E-state index in [2.05, 4.69) is 5.32 Å². The van der Waals surface area contributed by atoms with Crippen LogP contribution in [0.5, 0.6) is 0 Å². The lowest BCUT2D eigenvalue weighted by Crippen LogP contribution is -2.41. The number of carbonyl (C=O) groups is 2. The minimum absolute atomic E-state index is 0.0610. The number of carboxylic acids is 1. The van der Waals surface area contributed by atoms with Crippen LogP contribution in [0.3, 0.4) is 0 Å². The van der Waals surface area contributed by atoms with Crippen LogP contribution in [0, 0.1) is 18.8 Å². The number of amides is 1. The monoisotopic (exact) mass is 301 g/mol. The molecule has 0 aromatic heterocycles. The maximum atomic E-state index is 12.8. The highest BCUT2D eigenvalue weighted by Crippen LogP contribution is 2.37. The smallest absolute Gasteiger partial charge is 0.416 e. The van der Waals surface area contributed by atoms with Gasteiger partial charge in [0.2, 0.25) is 5.91 Å². The van der Waals surface area contributed by atoms with Crippen molar-refractivity contribution in [2.75, 3.05) is 5.32 Å². The average molecular weight is 301 g/mol. The molecule has 4 nitrogen and oxygen atoms in total. The third-order valence-electron chi connectivity index (χ3n) is 3.83. The normalized spacial score (nSPS) is 21.5. The molecule has 1 aliphatic rings. The number of anilines is 1. The minimum atomic E-state index is -4.50. The summed E-state index contributed by atoms with van der Waals surface area (Å²) in [4.78, 5) is 22.8. The van der Waals surface area contributed by atoms with E-state index in [0.717, 1.165) is 6.07 Å². The lowest BCUT2D eigenvalue weighted by Gasteiger charge is -2.32. The number of hydrogen-bond donors (Lipinski definition) is 2. The molecule has 0 heterocycles. The second-order valence-electron chi connectivity index (χ2n) is 5.09. The van der Waals surface area contributed by atoms with Gasteiger partial charge >= 0.3 is 12.1 Å². The van der Waals surface area contributed by atoms with Gasteiger partial charge in [0, 0.05) is 5.69 Å². The molecule has 114 valence electrons. The maximum absolute atomic E-state index is 12.8. The van der Waals surface area contributed by atoms with Gasteiger partial charge in [0.1, 0.15) is 0 Å². The average Bonchev–Trinajstić information content (AvgIpc) is 2.27. The van der Waals surface area contributed by atoms with Crippen molar-refractivity contribution in [3.63, 3.8) is 0 Å². The summed E-state index contributed by atoms with van der Waals surface area (Å²) >= 11 is 0. The first-order chi connectivity index (χ1) is 9.71. The maximum Gasteiger partial charge on any atom is 0.416 e. The molecular formula is C14H14F3NO3. The van der Waals surface area contributed by atoms with Crippen molar-refractivity contribution in [3.05, 3.63) is 29.3 Å². The van der Waals surface area contributed by atoms with Crippen LogP contribution in [0.4, 0.5) is 18.9 Å². The fraction of sp³-hybridized carbons (Fsp3) is 0.429. The van der Waals surface area contributed by atoms with Gasteiger partial charge < -0.3 is 10.4 Å². The van der Waals surface area contributed by atoms with E-state index in [4.69, 9.17) is 5.11 Å². The minimum Gasteiger partial charge on any atom is -0.481 e. The molecule has 1 aromatic carbocycles. The lowest BCUT2D eigenvalue weighted by molar-refractivity contribution is -0.151. The lowest BCUT2D eigenvalue weighted by atomic mass is 9.73. The molecule has 2 N–H and O–H groups in total. The molecule has 2 atom stereocenters. The van der Waals surface area contributed by atoms with Crippen LogP contribution >= 0.6 is 0 Å². The first-order valence-electron chi connectivity index (χ1n) is 6.42. The summed E-state index contributed by atoms with van der Waals surface area (Å²) in [5.74, 6) is -3.04. The fourth-order valence-corrected chi connectivity index (χ4v) is 2.41. The Hall–Kier alpha value is -2.05. The van der Waals surface area contributed by atoms with Gasteiger partial charge in [-0.15, -0.1) is 0 Å². The third kappa shape index (κ3) is 3.01. The molecule has 1 fully saturated rings. The van der Waals surface area contributed by atoms with Gasteiger partial charge in [0.25, 0.3) is 0 Å². The topological polar surface area (TPSA) is 66.4 Å². The SMILES string of the molecule is Cc1c(NC(=O)C2CCC2C(=O)O)cccc1C(F)(F)F. The summed E-state index contributed by atoms with van der Waals surface area (Å²) in [5, 5.41) is 11.3. The number of carbonyl (C=O) groups excluding carboxylic acids is 1. The number of rotatable bonds is 3. The van der Waals surface area contributed by atoms with E-state index in [1.165, 1.54) is 19.1 Å². The number of aliphatic carboxylic acids is 1. The number of alkyl halides is 3. The molecular weight excluding hydrogens is 287 g/mol. The summed E-state index contributed by atoms with van der Waals surface area (Å²) in [5.41, 5.74) is -0.834. The van der Waals surface area contributed by atoms with E-state index in [9.17, 15) is 22.8 Å². The number of halogens is 3. The van der Waals surface area contributed by atoms with E-state index in [-0.39, 0.29) is 11.3 Å². The zero-order valence-corrected chi connectivity index (χ0v) is 11.2. The van der Waals surface area contributed by atoms with Gasteiger partial charge in [-0.1, -0.05) is 6.07 Å². The highest BCUT2D eigenvalue weighted by Gasteiger charge is 2.41. The zero-order chi connectivity index (χ0) is 15.8. The number of benzene rings is 1. The van der Waals surface area contributed by atoms with E-state index < -0.39 is 35.5 Å². The van der Waals surface area contributed by atoms with Crippen LogP contribution in [-0.4, -0.2) is 17.0 Å². The number of hydrogen-bond acceptors (Lipinski definition) is 2. The summed E-state index contributed by atoms with van der Waals surface area (Å²) in [6.45, 7) is 1.27. The predicted molar refractivity (Wildman–Crippen MR) is 68.7 cm³/mol. The van der Waals surface area contributed by atoms with Gasteiger partial charge in [0.15, 0.2) is 0 Å². The van der Waals surface area contributed by atoms with Crippen molar-refractivity contribution in [2.45, 2.75) is 25.9 Å². The molecule has 0 spiro atoms. The quantitative estimate of drug-likeness (QED) is 0.901. The molecule has 1 amide bonds. The Morgan fingerprint density at radius 2 is 1.86 bits per heavy atom. The van der Waals surface area contributed by atoms with Crippen molar-refractivity contribution in [1.29, 1.82) is 0 Å². The van der Waals surface area contributed by atoms with Crippen molar-refractivity contribution in [3.8, 4) is 0 Å². The summed E-state index contributed by atoms with van der Waals surface area (Å²) < 4.78 is 38.3. The highest BCUT2D eigenvalue weighted by molar-refractivity contribution is 5.96. The van der Waals surface area contributed by atoms with Crippen molar-refractivity contribution in [2.24, 2.45) is 11.8 Å². The summed E-state index contributed by atoms with van der Waals surface area (Å²) in [7, 11) is 0. The van der Waals surface area contributed by atoms with E-state index >= 15 is 0 Å². The predicted octanol–water partition coefficient (Wildman–Crippen LogP) is 3.06. The first-order valence-corrected chi connectivity index (χ1v) is 6.42. The third-order valence-corrected chi connectivity index (χ3v) is 3.83. The highest BCUT2D eigenvalue weighted by atomic mass is 19.4. The van der Waals surface area contributed by atoms with E-state index in [0.29, 0.717) is 12.8 Å². The van der Waals surface area contributed by atoms with Gasteiger partial charge in [-0.2, -0.15) is 13.2 Å². The van der Waals surface area contributed by atoms with Gasteiger partial charge in [-0.25, -0.2) is 0 Å². The van der Waals surface area contributed by atoms with Gasteiger partial charge in [0.05, 0.1) is 17.4 Å². The number of carboxylic acid groups (broad SMARTS) is 1. The van der Waals surface area contributed by atoms with Crippen molar-refractivity contribution >= 4 is 17.6 Å². The molecule has 0 saturated heterocycles. The van der Waals surface area contributed by atoms with Gasteiger partial charge in [-0.05, 0) is 37.5 Å². The Balaban J connectivity index is 2.17. The van der Waals surface area contributed by atoms with Crippen LogP contribution in [0.15, 0.2) is 18.2 Å². The van der Waals surface area contributed by atoms with E-state index in [1.54, 1.807) is 0 Å². The molecule has 0 bridgehead atoms. The molecule has 7 heteroatoms. The molecule has 2 rings (SSSR count). The first kappa shape index (κ1) is 15.3. The Morgan fingerprint density at radius 1 is 1.24 bits per heavy atom. The van der Waals surface area contributed by atoms with Gasteiger partial charge in [-0.3, -0.25) is 9.59 Å². The molecule has 1 saturated carbocycles. The fourth-order valence-electron chi connectivity index (χ4n) is 2.41. The van der Waals surface area contributed by atoms with Crippen LogP contribution in [-0.2, 0) is 15.8 Å². The van der Waals surface area contributed by atoms with Crippen LogP contribution in [0.25, 0.3) is 0 Å². The Bertz CT molecular complexity index is 583. The summed E-state index contributed by atoms with van der Waals surface area (Å²) in [6.07, 6.45) is -3.65. The molecule has 21 heavy (non-hydrogen) atoms. The Labute approximate surface area is 119 Å². The molecule has 1 aliphatic carbocycles. The van der Waals surface area contributed by atoms with Crippen LogP contribution in [0.1, 0.15) is 24.0 Å². The largest absolute Gasteiger partial charge is 0.481 e. The zero-order valence-electron chi connectivity index (χ0n) is 11.2. The summed E-state index contributed by atoms with van der Waals surface area (Å²) in [6, 6.07) is 3.52. The second-order valence-corrected chi connectivity index (χ2v) is 5.09. The number of nitrogens with one attached hydrogen (secondary N) is 1. The molecule has 2 unspecified atom stereocenters. The Kier molecular flexibility index (Phi) is 3.93. The van der Waals surface area contributed by atoms with E-state index in [1.807, 2.05) is 0 Å².